The van der Waals surface area contributed by atoms with E-state index in [0.29, 0.717) is 21.5 Å². The first-order chi connectivity index (χ1) is 20.2. The van der Waals surface area contributed by atoms with Gasteiger partial charge in [0.05, 0.1) is 22.5 Å². The summed E-state index contributed by atoms with van der Waals surface area (Å²) in [7, 11) is 9.72. The molecule has 0 aliphatic carbocycles. The molecule has 1 aromatic heterocycles. The van der Waals surface area contributed by atoms with E-state index in [1.54, 1.807) is 22.6 Å². The van der Waals surface area contributed by atoms with Gasteiger partial charge in [0.2, 0.25) is 5.17 Å². The number of hydrogen-bond donors (Lipinski definition) is 0. The fourth-order valence-electron chi connectivity index (χ4n) is 4.57. The lowest BCUT2D eigenvalue weighted by atomic mass is 10.2. The van der Waals surface area contributed by atoms with E-state index < -0.39 is 0 Å². The van der Waals surface area contributed by atoms with Crippen molar-refractivity contribution in [2.75, 3.05) is 42.9 Å². The highest BCUT2D eigenvalue weighted by Gasteiger charge is 2.39. The average Bonchev–Trinajstić information content (AvgIpc) is 3.39. The van der Waals surface area contributed by atoms with Gasteiger partial charge in [-0.2, -0.15) is 5.10 Å². The number of aromatic nitrogens is 2. The molecule has 1 amide bonds. The SMILES string of the molecule is Cc1c(N2C(=O)/C(=C\c3ccc(N(C)C)cc3)SC2=NN=Cc2ccc(N(C)C)cc2)c(=O)n(-c2ccccc2)n1C. The minimum atomic E-state index is -0.327. The second kappa shape index (κ2) is 12.0. The molecule has 0 N–H and O–H groups in total. The van der Waals surface area contributed by atoms with Crippen LogP contribution in [-0.4, -0.2) is 54.8 Å². The summed E-state index contributed by atoms with van der Waals surface area (Å²) in [5.41, 5.74) is 5.12. The Balaban J connectivity index is 1.57. The molecule has 0 radical (unpaired) electrons. The first-order valence-corrected chi connectivity index (χ1v) is 14.2. The second-order valence-electron chi connectivity index (χ2n) is 10.3. The second-order valence-corrected chi connectivity index (χ2v) is 11.3. The molecule has 1 saturated heterocycles. The van der Waals surface area contributed by atoms with Gasteiger partial charge in [0.25, 0.3) is 11.5 Å². The molecule has 0 atom stereocenters. The molecule has 214 valence electrons. The van der Waals surface area contributed by atoms with Crippen LogP contribution in [0.4, 0.5) is 17.1 Å². The van der Waals surface area contributed by atoms with E-state index in [0.717, 1.165) is 22.5 Å². The molecule has 2 heterocycles. The van der Waals surface area contributed by atoms with Crippen molar-refractivity contribution >= 4 is 52.2 Å². The number of anilines is 3. The van der Waals surface area contributed by atoms with Crippen LogP contribution in [0.25, 0.3) is 11.8 Å². The van der Waals surface area contributed by atoms with Gasteiger partial charge in [-0.1, -0.05) is 42.5 Å². The van der Waals surface area contributed by atoms with Crippen LogP contribution in [0, 0.1) is 6.92 Å². The number of amidine groups is 1. The maximum Gasteiger partial charge on any atom is 0.296 e. The quantitative estimate of drug-likeness (QED) is 0.172. The third-order valence-corrected chi connectivity index (χ3v) is 7.98. The van der Waals surface area contributed by atoms with Crippen molar-refractivity contribution in [3.63, 3.8) is 0 Å². The van der Waals surface area contributed by atoms with Crippen LogP contribution < -0.4 is 20.3 Å². The van der Waals surface area contributed by atoms with E-state index in [1.807, 2.05) is 130 Å². The highest BCUT2D eigenvalue weighted by atomic mass is 32.2. The molecule has 1 fully saturated rings. The topological polar surface area (TPSA) is 78.4 Å². The lowest BCUT2D eigenvalue weighted by Gasteiger charge is -2.13. The zero-order valence-electron chi connectivity index (χ0n) is 24.5. The molecule has 1 aliphatic rings. The lowest BCUT2D eigenvalue weighted by Crippen LogP contribution is -2.33. The monoisotopic (exact) mass is 579 g/mol. The predicted molar refractivity (Wildman–Crippen MR) is 175 cm³/mol. The summed E-state index contributed by atoms with van der Waals surface area (Å²) in [6.07, 6.45) is 3.46. The Kier molecular flexibility index (Phi) is 8.17. The molecule has 3 aromatic carbocycles. The Morgan fingerprint density at radius 3 is 1.93 bits per heavy atom. The van der Waals surface area contributed by atoms with Crippen LogP contribution >= 0.6 is 11.8 Å². The van der Waals surface area contributed by atoms with Crippen molar-refractivity contribution in [1.82, 2.24) is 9.36 Å². The first kappa shape index (κ1) is 28.7. The zero-order chi connectivity index (χ0) is 30.0. The zero-order valence-corrected chi connectivity index (χ0v) is 25.3. The van der Waals surface area contributed by atoms with Crippen LogP contribution in [-0.2, 0) is 11.8 Å². The van der Waals surface area contributed by atoms with Crippen molar-refractivity contribution in [1.29, 1.82) is 0 Å². The van der Waals surface area contributed by atoms with E-state index in [4.69, 9.17) is 0 Å². The van der Waals surface area contributed by atoms with Crippen LogP contribution in [0.5, 0.6) is 0 Å². The number of para-hydroxylation sites is 1. The first-order valence-electron chi connectivity index (χ1n) is 13.4. The number of nitrogens with zero attached hydrogens (tertiary/aromatic N) is 7. The molecule has 5 rings (SSSR count). The van der Waals surface area contributed by atoms with E-state index in [1.165, 1.54) is 16.7 Å². The van der Waals surface area contributed by atoms with E-state index in [-0.39, 0.29) is 17.2 Å². The number of thioether (sulfide) groups is 1. The summed E-state index contributed by atoms with van der Waals surface area (Å²) in [5, 5.41) is 9.07. The average molecular weight is 580 g/mol. The Morgan fingerprint density at radius 1 is 0.786 bits per heavy atom. The van der Waals surface area contributed by atoms with Gasteiger partial charge in [-0.15, -0.1) is 5.10 Å². The van der Waals surface area contributed by atoms with Gasteiger partial charge >= 0.3 is 0 Å². The summed E-state index contributed by atoms with van der Waals surface area (Å²) < 4.78 is 3.30. The Labute approximate surface area is 249 Å². The molecule has 4 aromatic rings. The summed E-state index contributed by atoms with van der Waals surface area (Å²) in [6.45, 7) is 1.82. The fourth-order valence-corrected chi connectivity index (χ4v) is 5.50. The maximum atomic E-state index is 13.9. The summed E-state index contributed by atoms with van der Waals surface area (Å²) in [5.74, 6) is -0.327. The van der Waals surface area contributed by atoms with Gasteiger partial charge in [0.15, 0.2) is 0 Å². The third kappa shape index (κ3) is 5.66. The molecule has 10 heteroatoms. The fraction of sp³-hybridized carbons (Fsp3) is 0.188. The molecule has 9 nitrogen and oxygen atoms in total. The van der Waals surface area contributed by atoms with Gasteiger partial charge in [-0.05, 0) is 72.3 Å². The normalized spacial score (nSPS) is 15.4. The standard InChI is InChI=1S/C32H33N7O2S/c1-22-29(31(41)39(37(22)6)27-10-8-7-9-11-27)38-30(40)28(20-23-12-16-25(17-13-23)35(2)3)42-32(38)34-33-21-24-14-18-26(19-15-24)36(4)5/h7-21H,1-6H3/b28-20+,33-21?,34-32?. The van der Waals surface area contributed by atoms with Crippen molar-refractivity contribution < 1.29 is 4.79 Å². The molecule has 0 saturated carbocycles. The minimum Gasteiger partial charge on any atom is -0.378 e. The van der Waals surface area contributed by atoms with Crippen LogP contribution in [0.3, 0.4) is 0 Å². The third-order valence-electron chi connectivity index (χ3n) is 7.02. The molecule has 1 aliphatic heterocycles. The predicted octanol–water partition coefficient (Wildman–Crippen LogP) is 5.13. The molecule has 0 unspecified atom stereocenters. The van der Waals surface area contributed by atoms with Gasteiger partial charge in [-0.25, -0.2) is 9.58 Å². The summed E-state index contributed by atoms with van der Waals surface area (Å²) in [6, 6.07) is 25.2. The van der Waals surface area contributed by atoms with Crippen LogP contribution in [0.2, 0.25) is 0 Å². The number of amides is 1. The largest absolute Gasteiger partial charge is 0.378 e. The lowest BCUT2D eigenvalue weighted by molar-refractivity contribution is -0.113. The Bertz CT molecular complexity index is 1750. The molecular weight excluding hydrogens is 546 g/mol. The van der Waals surface area contributed by atoms with E-state index >= 15 is 0 Å². The maximum absolute atomic E-state index is 13.9. The Hall–Kier alpha value is -4.83. The van der Waals surface area contributed by atoms with Crippen molar-refractivity contribution in [3.8, 4) is 5.69 Å². The highest BCUT2D eigenvalue weighted by Crippen LogP contribution is 2.36. The van der Waals surface area contributed by atoms with Crippen LogP contribution in [0.15, 0.2) is 98.8 Å². The Morgan fingerprint density at radius 2 is 1.36 bits per heavy atom. The number of hydrogen-bond acceptors (Lipinski definition) is 7. The molecule has 42 heavy (non-hydrogen) atoms. The molecule has 0 spiro atoms. The van der Waals surface area contributed by atoms with Crippen molar-refractivity contribution in [2.24, 2.45) is 17.3 Å². The summed E-state index contributed by atoms with van der Waals surface area (Å²) >= 11 is 1.20. The smallest absolute Gasteiger partial charge is 0.296 e. The number of benzene rings is 3. The summed E-state index contributed by atoms with van der Waals surface area (Å²) in [4.78, 5) is 33.6. The highest BCUT2D eigenvalue weighted by molar-refractivity contribution is 8.19. The van der Waals surface area contributed by atoms with Gasteiger partial charge in [0.1, 0.15) is 5.69 Å². The van der Waals surface area contributed by atoms with Gasteiger partial charge in [-0.3, -0.25) is 14.3 Å². The van der Waals surface area contributed by atoms with Crippen LogP contribution in [0.1, 0.15) is 16.8 Å². The number of rotatable bonds is 7. The molecular formula is C32H33N7O2S. The molecule has 0 bridgehead atoms. The van der Waals surface area contributed by atoms with Crippen molar-refractivity contribution in [2.45, 2.75) is 6.92 Å². The van der Waals surface area contributed by atoms with E-state index in [2.05, 4.69) is 10.2 Å². The van der Waals surface area contributed by atoms with Gasteiger partial charge < -0.3 is 9.80 Å². The van der Waals surface area contributed by atoms with Crippen molar-refractivity contribution in [3.05, 3.63) is 111 Å². The van der Waals surface area contributed by atoms with Gasteiger partial charge in [0, 0.05) is 46.6 Å². The number of carbonyl (C=O) groups excluding carboxylic acids is 1. The number of carbonyl (C=O) groups is 1. The minimum absolute atomic E-state index is 0.245. The van der Waals surface area contributed by atoms with E-state index in [9.17, 15) is 9.59 Å².